The van der Waals surface area contributed by atoms with Gasteiger partial charge in [-0.3, -0.25) is 4.79 Å². The number of hydrogen-bond donors (Lipinski definition) is 1. The van der Waals surface area contributed by atoms with Crippen LogP contribution < -0.4 is 0 Å². The molecular formula is C14H19N3O4. The van der Waals surface area contributed by atoms with Crippen LogP contribution in [0.4, 0.5) is 0 Å². The van der Waals surface area contributed by atoms with E-state index in [1.807, 2.05) is 0 Å². The topological polar surface area (TPSA) is 105 Å². The molecule has 7 heteroatoms. The van der Waals surface area contributed by atoms with Crippen LogP contribution in [-0.2, 0) is 19.8 Å². The summed E-state index contributed by atoms with van der Waals surface area (Å²) < 4.78 is 10.8. The first-order chi connectivity index (χ1) is 9.98. The number of nitrogens with zero attached hydrogens (tertiary/aromatic N) is 3. The molecule has 21 heavy (non-hydrogen) atoms. The molecule has 0 fully saturated rings. The van der Waals surface area contributed by atoms with E-state index in [1.54, 1.807) is 51.1 Å². The third kappa shape index (κ3) is 3.72. The Morgan fingerprint density at radius 2 is 2.05 bits per heavy atom. The van der Waals surface area contributed by atoms with E-state index in [0.717, 1.165) is 0 Å². The molecular weight excluding hydrogens is 274 g/mol. The van der Waals surface area contributed by atoms with Crippen LogP contribution in [0.25, 0.3) is 10.4 Å². The lowest BCUT2D eigenvalue weighted by Gasteiger charge is -2.32. The smallest absolute Gasteiger partial charge is 0.322 e. The summed E-state index contributed by atoms with van der Waals surface area (Å²) in [5.74, 6) is -1.28. The van der Waals surface area contributed by atoms with Crippen LogP contribution in [0.3, 0.4) is 0 Å². The highest BCUT2D eigenvalue weighted by Gasteiger charge is 2.46. The zero-order valence-electron chi connectivity index (χ0n) is 12.3. The summed E-state index contributed by atoms with van der Waals surface area (Å²) in [6.07, 6.45) is -1.52. The summed E-state index contributed by atoms with van der Waals surface area (Å²) >= 11 is 0. The van der Waals surface area contributed by atoms with Crippen LogP contribution >= 0.6 is 0 Å². The van der Waals surface area contributed by atoms with Gasteiger partial charge >= 0.3 is 5.97 Å². The Morgan fingerprint density at radius 3 is 2.52 bits per heavy atom. The summed E-state index contributed by atoms with van der Waals surface area (Å²) in [7, 11) is 0. The van der Waals surface area contributed by atoms with Crippen molar-refractivity contribution in [3.63, 3.8) is 0 Å². The van der Waals surface area contributed by atoms with Crippen LogP contribution in [0, 0.1) is 0 Å². The summed E-state index contributed by atoms with van der Waals surface area (Å²) in [5.41, 5.74) is 7.31. The number of benzene rings is 1. The van der Waals surface area contributed by atoms with Crippen molar-refractivity contribution in [1.82, 2.24) is 0 Å². The van der Waals surface area contributed by atoms with Crippen molar-refractivity contribution in [1.29, 1.82) is 0 Å². The van der Waals surface area contributed by atoms with Crippen LogP contribution in [0.1, 0.15) is 26.3 Å². The van der Waals surface area contributed by atoms with Crippen LogP contribution in [0.15, 0.2) is 35.4 Å². The van der Waals surface area contributed by atoms with Gasteiger partial charge in [0, 0.05) is 11.5 Å². The lowest BCUT2D eigenvalue weighted by Crippen LogP contribution is -2.46. The first-order valence-corrected chi connectivity index (χ1v) is 6.61. The summed E-state index contributed by atoms with van der Waals surface area (Å²) in [6.45, 7) is 5.44. The second kappa shape index (κ2) is 7.64. The molecule has 0 radical (unpaired) electrons. The van der Waals surface area contributed by atoms with Gasteiger partial charge in [0.1, 0.15) is 0 Å². The first-order valence-electron chi connectivity index (χ1n) is 6.61. The molecule has 0 amide bonds. The van der Waals surface area contributed by atoms with E-state index in [1.165, 1.54) is 0 Å². The van der Waals surface area contributed by atoms with Gasteiger partial charge in [-0.05, 0) is 31.9 Å². The van der Waals surface area contributed by atoms with Crippen molar-refractivity contribution in [3.8, 4) is 0 Å². The Morgan fingerprint density at radius 1 is 1.43 bits per heavy atom. The number of aliphatic carboxylic acids is 1. The van der Waals surface area contributed by atoms with E-state index >= 15 is 0 Å². The number of carboxylic acids is 1. The maximum Gasteiger partial charge on any atom is 0.322 e. The minimum Gasteiger partial charge on any atom is -0.480 e. The van der Waals surface area contributed by atoms with E-state index in [4.69, 9.17) is 15.0 Å². The molecule has 0 aliphatic carbocycles. The molecule has 0 saturated carbocycles. The fourth-order valence-corrected chi connectivity index (χ4v) is 2.14. The predicted octanol–water partition coefficient (Wildman–Crippen LogP) is 3.06. The molecule has 0 heterocycles. The molecule has 0 bridgehead atoms. The second-order valence-electron chi connectivity index (χ2n) is 4.43. The Bertz CT molecular complexity index is 512. The third-order valence-corrected chi connectivity index (χ3v) is 3.13. The molecule has 0 aromatic heterocycles. The van der Waals surface area contributed by atoms with Crippen LogP contribution in [0.2, 0.25) is 0 Å². The minimum absolute atomic E-state index is 0.353. The highest BCUT2D eigenvalue weighted by molar-refractivity contribution is 5.82. The van der Waals surface area contributed by atoms with Crippen molar-refractivity contribution in [2.24, 2.45) is 5.11 Å². The molecule has 7 nitrogen and oxygen atoms in total. The number of rotatable bonds is 8. The molecule has 114 valence electrons. The molecule has 0 saturated heterocycles. The molecule has 3 unspecified atom stereocenters. The number of carbonyl (C=O) groups is 1. The Kier molecular flexibility index (Phi) is 6.17. The van der Waals surface area contributed by atoms with Crippen molar-refractivity contribution in [2.75, 3.05) is 6.61 Å². The maximum absolute atomic E-state index is 11.8. The fourth-order valence-electron chi connectivity index (χ4n) is 2.14. The molecule has 0 aliphatic rings. The SMILES string of the molecule is CCOC(C)OC(C)C(N=[N+]=[N-])(C(=O)O)c1ccccc1. The fraction of sp³-hybridized carbons (Fsp3) is 0.500. The average molecular weight is 293 g/mol. The average Bonchev–Trinajstić information content (AvgIpc) is 2.45. The Hall–Kier alpha value is -2.08. The van der Waals surface area contributed by atoms with Gasteiger partial charge in [-0.1, -0.05) is 35.4 Å². The zero-order valence-corrected chi connectivity index (χ0v) is 12.3. The largest absolute Gasteiger partial charge is 0.480 e. The van der Waals surface area contributed by atoms with Crippen LogP contribution in [0.5, 0.6) is 0 Å². The van der Waals surface area contributed by atoms with E-state index < -0.39 is 23.9 Å². The van der Waals surface area contributed by atoms with E-state index in [2.05, 4.69) is 10.0 Å². The van der Waals surface area contributed by atoms with Gasteiger partial charge in [-0.25, -0.2) is 0 Å². The van der Waals surface area contributed by atoms with Crippen molar-refractivity contribution in [2.45, 2.75) is 38.7 Å². The normalized spacial score (nSPS) is 16.3. The molecule has 1 rings (SSSR count). The summed E-state index contributed by atoms with van der Waals surface area (Å²) in [6, 6.07) is 8.29. The number of carboxylic acid groups (broad SMARTS) is 1. The maximum atomic E-state index is 11.8. The molecule has 0 spiro atoms. The summed E-state index contributed by atoms with van der Waals surface area (Å²) in [4.78, 5) is 14.5. The van der Waals surface area contributed by atoms with Gasteiger partial charge in [0.25, 0.3) is 0 Å². The Labute approximate surface area is 123 Å². The standard InChI is InChI=1S/C14H19N3O4/c1-4-20-11(3)21-10(2)14(13(18)19,16-17-15)12-8-6-5-7-9-12/h5-11H,4H2,1-3H3,(H,18,19). The van der Waals surface area contributed by atoms with Crippen molar-refractivity contribution in [3.05, 3.63) is 46.3 Å². The van der Waals surface area contributed by atoms with Crippen LogP contribution in [-0.4, -0.2) is 30.1 Å². The first kappa shape index (κ1) is 17.0. The highest BCUT2D eigenvalue weighted by atomic mass is 16.7. The second-order valence-corrected chi connectivity index (χ2v) is 4.43. The van der Waals surface area contributed by atoms with Gasteiger partial charge in [0.2, 0.25) is 0 Å². The third-order valence-electron chi connectivity index (χ3n) is 3.13. The molecule has 3 atom stereocenters. The molecule has 0 aliphatic heterocycles. The van der Waals surface area contributed by atoms with Crippen molar-refractivity contribution >= 4 is 5.97 Å². The van der Waals surface area contributed by atoms with E-state index in [-0.39, 0.29) is 0 Å². The minimum atomic E-state index is -1.85. The zero-order chi connectivity index (χ0) is 15.9. The van der Waals surface area contributed by atoms with Gasteiger partial charge in [0.15, 0.2) is 11.8 Å². The lowest BCUT2D eigenvalue weighted by atomic mass is 9.86. The van der Waals surface area contributed by atoms with E-state index in [9.17, 15) is 9.90 Å². The van der Waals surface area contributed by atoms with Gasteiger partial charge < -0.3 is 14.6 Å². The number of ether oxygens (including phenoxy) is 2. The predicted molar refractivity (Wildman–Crippen MR) is 76.5 cm³/mol. The monoisotopic (exact) mass is 293 g/mol. The van der Waals surface area contributed by atoms with Gasteiger partial charge in [-0.15, -0.1) is 0 Å². The molecule has 1 aromatic carbocycles. The van der Waals surface area contributed by atoms with E-state index in [0.29, 0.717) is 12.2 Å². The Balaban J connectivity index is 3.25. The highest BCUT2D eigenvalue weighted by Crippen LogP contribution is 2.33. The van der Waals surface area contributed by atoms with Gasteiger partial charge in [-0.2, -0.15) is 0 Å². The number of hydrogen-bond acceptors (Lipinski definition) is 4. The molecule has 1 N–H and O–H groups in total. The molecule has 1 aromatic rings. The van der Waals surface area contributed by atoms with Crippen molar-refractivity contribution < 1.29 is 19.4 Å². The quantitative estimate of drug-likeness (QED) is 0.344. The van der Waals surface area contributed by atoms with Gasteiger partial charge in [0.05, 0.1) is 6.10 Å². The lowest BCUT2D eigenvalue weighted by molar-refractivity contribution is -0.181. The number of azide groups is 1. The summed E-state index contributed by atoms with van der Waals surface area (Å²) in [5, 5.41) is 13.2.